The maximum absolute atomic E-state index is 9.46. The zero-order chi connectivity index (χ0) is 3.58. The van der Waals surface area contributed by atoms with E-state index in [9.17, 15) is 4.79 Å². The van der Waals surface area contributed by atoms with Crippen molar-refractivity contribution in [2.75, 3.05) is 0 Å². The van der Waals surface area contributed by atoms with Gasteiger partial charge in [-0.2, -0.15) is 0 Å². The molecule has 0 radical (unpaired) electrons. The number of carbonyl (C=O) groups is 1. The topological polar surface area (TPSA) is 17.1 Å². The number of carbonyl (C=O) groups excluding carboxylic acids is 1. The maximum atomic E-state index is 9.46. The molecule has 3 heteroatoms. The second kappa shape index (κ2) is 4.73. The Bertz CT molecular complexity index is 32.6. The molecule has 0 aliphatic rings. The zero-order valence-corrected chi connectivity index (χ0v) is 5.16. The Hall–Kier alpha value is 0.726. The van der Waals surface area contributed by atoms with Gasteiger partial charge in [0.05, 0.1) is 0 Å². The average molecular weight is 103 g/mol. The van der Waals surface area contributed by atoms with E-state index in [1.54, 1.807) is 6.92 Å². The first-order chi connectivity index (χ1) is 1.73. The van der Waals surface area contributed by atoms with Gasteiger partial charge >= 0.3 is 37.3 Å². The van der Waals surface area contributed by atoms with Gasteiger partial charge < -0.3 is 12.4 Å². The minimum absolute atomic E-state index is 0. The van der Waals surface area contributed by atoms with Crippen molar-refractivity contribution in [3.8, 4) is 0 Å². The van der Waals surface area contributed by atoms with Crippen LogP contribution in [0.3, 0.4) is 0 Å². The summed E-state index contributed by atoms with van der Waals surface area (Å²) in [5.74, 6) is 0. The largest absolute Gasteiger partial charge is 1.00 e. The summed E-state index contributed by atoms with van der Waals surface area (Å²) < 4.78 is 0.194. The van der Waals surface area contributed by atoms with Gasteiger partial charge in [-0.15, -0.1) is 0 Å². The predicted octanol–water partition coefficient (Wildman–Crippen LogP) is -3.29. The number of hydrogen-bond acceptors (Lipinski definition) is 1. The van der Waals surface area contributed by atoms with Crippen LogP contribution in [0.25, 0.3) is 0 Å². The molecule has 0 N–H and O–H groups in total. The minimum atomic E-state index is 0. The van der Waals surface area contributed by atoms with Gasteiger partial charge in [0.2, 0.25) is 0 Å². The van der Waals surface area contributed by atoms with Crippen LogP contribution in [0.5, 0.6) is 0 Å². The summed E-state index contributed by atoms with van der Waals surface area (Å²) in [4.78, 5) is 9.46. The van der Waals surface area contributed by atoms with Crippen LogP contribution in [0.2, 0.25) is 0 Å². The van der Waals surface area contributed by atoms with Crippen LogP contribution < -0.4 is 12.4 Å². The van der Waals surface area contributed by atoms with Crippen LogP contribution >= 0.6 is 0 Å². The molecule has 0 atom stereocenters. The summed E-state index contributed by atoms with van der Waals surface area (Å²) in [6.45, 7) is 1.54. The molecule has 0 saturated heterocycles. The van der Waals surface area contributed by atoms with E-state index in [-0.39, 0.29) is 16.3 Å². The first-order valence-corrected chi connectivity index (χ1v) is 1.76. The predicted molar refractivity (Wildman–Crippen MR) is 16.4 cm³/mol. The molecule has 0 amide bonds. The standard InChI is InChI=1S/C2H3O.ClH.Mg/c1-2-3;;/h1H3;1H;/q;;+1/p-1. The van der Waals surface area contributed by atoms with Crippen molar-refractivity contribution in [2.24, 2.45) is 0 Å². The van der Waals surface area contributed by atoms with Crippen LogP contribution in [-0.2, 0) is 4.79 Å². The Kier molecular flexibility index (Phi) is 8.71. The van der Waals surface area contributed by atoms with E-state index in [1.165, 1.54) is 21.7 Å². The molecule has 1 nitrogen and oxygen atoms in total. The van der Waals surface area contributed by atoms with E-state index in [1.807, 2.05) is 0 Å². The van der Waals surface area contributed by atoms with Crippen LogP contribution in [0.4, 0.5) is 0 Å². The molecule has 0 aromatic heterocycles. The van der Waals surface area contributed by atoms with E-state index in [4.69, 9.17) is 0 Å². The third-order valence-corrected chi connectivity index (χ3v) is 0. The summed E-state index contributed by atoms with van der Waals surface area (Å²) >= 11 is 1.36. The van der Waals surface area contributed by atoms with Crippen molar-refractivity contribution >= 4 is 25.6 Å². The molecular formula is C2H3ClMgO. The minimum Gasteiger partial charge on any atom is -1.00 e. The fourth-order valence-corrected chi connectivity index (χ4v) is 0. The first kappa shape index (κ1) is 9.21. The van der Waals surface area contributed by atoms with Crippen LogP contribution in [0.15, 0.2) is 0 Å². The second-order valence-electron chi connectivity index (χ2n) is 0.702. The Balaban J connectivity index is 0. The van der Waals surface area contributed by atoms with Crippen molar-refractivity contribution < 1.29 is 17.2 Å². The third-order valence-electron chi connectivity index (χ3n) is 0. The fourth-order valence-electron chi connectivity index (χ4n) is 0. The van der Waals surface area contributed by atoms with Gasteiger partial charge in [0, 0.05) is 0 Å². The van der Waals surface area contributed by atoms with Gasteiger partial charge in [0.25, 0.3) is 0 Å². The van der Waals surface area contributed by atoms with Crippen molar-refractivity contribution in [1.82, 2.24) is 0 Å². The van der Waals surface area contributed by atoms with E-state index < -0.39 is 0 Å². The Labute approximate surface area is 50.0 Å². The molecule has 0 fully saturated rings. The Morgan fingerprint density at radius 3 is 1.80 bits per heavy atom. The first-order valence-electron chi connectivity index (χ1n) is 1.06. The molecule has 0 heterocycles. The number of hydrogen-bond donors (Lipinski definition) is 0. The smallest absolute Gasteiger partial charge is 1.00 e. The van der Waals surface area contributed by atoms with Gasteiger partial charge in [-0.3, -0.25) is 0 Å². The number of halogens is 1. The molecule has 0 aromatic carbocycles. The quantitative estimate of drug-likeness (QED) is 0.293. The molecule has 0 aliphatic heterocycles. The van der Waals surface area contributed by atoms with Crippen molar-refractivity contribution in [3.63, 3.8) is 0 Å². The molecule has 0 unspecified atom stereocenters. The van der Waals surface area contributed by atoms with Gasteiger partial charge in [0.1, 0.15) is 0 Å². The third kappa shape index (κ3) is 66.6. The molecule has 0 rings (SSSR count). The van der Waals surface area contributed by atoms with Gasteiger partial charge in [0.15, 0.2) is 0 Å². The Morgan fingerprint density at radius 2 is 1.80 bits per heavy atom. The molecule has 0 saturated carbocycles. The normalized spacial score (nSPS) is 5.40. The van der Waals surface area contributed by atoms with Crippen LogP contribution in [-0.4, -0.2) is 25.6 Å². The molecule has 0 spiro atoms. The van der Waals surface area contributed by atoms with E-state index in [0.717, 1.165) is 0 Å². The monoisotopic (exact) mass is 102 g/mol. The second-order valence-corrected chi connectivity index (χ2v) is 1.70. The average Bonchev–Trinajstić information content (AvgIpc) is 0.811. The fraction of sp³-hybridized carbons (Fsp3) is 0.500. The van der Waals surface area contributed by atoms with Gasteiger partial charge in [-0.25, -0.2) is 0 Å². The van der Waals surface area contributed by atoms with Crippen molar-refractivity contribution in [2.45, 2.75) is 6.92 Å². The summed E-state index contributed by atoms with van der Waals surface area (Å²) in [7, 11) is 0. The summed E-state index contributed by atoms with van der Waals surface area (Å²) in [5, 5.41) is 0. The van der Waals surface area contributed by atoms with Crippen LogP contribution in [0, 0.1) is 0 Å². The molecular weight excluding hydrogens is 99.8 g/mol. The van der Waals surface area contributed by atoms with Crippen molar-refractivity contribution in [1.29, 1.82) is 0 Å². The molecule has 0 bridgehead atoms. The molecule has 26 valence electrons. The number of rotatable bonds is 0. The summed E-state index contributed by atoms with van der Waals surface area (Å²) in [6.07, 6.45) is 0. The van der Waals surface area contributed by atoms with Gasteiger partial charge in [-0.05, 0) is 0 Å². The SMILES string of the molecule is C[C](=O)[Mg+].[Cl-]. The van der Waals surface area contributed by atoms with Gasteiger partial charge in [-0.1, -0.05) is 0 Å². The molecule has 5 heavy (non-hydrogen) atoms. The molecule has 0 aromatic rings. The zero-order valence-electron chi connectivity index (χ0n) is 2.99. The summed E-state index contributed by atoms with van der Waals surface area (Å²) in [5.41, 5.74) is 0. The van der Waals surface area contributed by atoms with E-state index in [2.05, 4.69) is 0 Å². The Morgan fingerprint density at radius 1 is 1.80 bits per heavy atom. The van der Waals surface area contributed by atoms with E-state index >= 15 is 0 Å². The van der Waals surface area contributed by atoms with Crippen molar-refractivity contribution in [3.05, 3.63) is 0 Å². The maximum Gasteiger partial charge on any atom is -1.00 e. The van der Waals surface area contributed by atoms with Crippen LogP contribution in [0.1, 0.15) is 6.92 Å². The van der Waals surface area contributed by atoms with E-state index in [0.29, 0.717) is 0 Å². The summed E-state index contributed by atoms with van der Waals surface area (Å²) in [6, 6.07) is 0. The molecule has 0 aliphatic carbocycles.